The lowest BCUT2D eigenvalue weighted by molar-refractivity contribution is -0.144. The SMILES string of the molecule is CCC(CC)(C(=O)O)c1cccc(-c2ccc(/C(=C/C(=N)C(F)(F)F)Nc3ccccc3Cl)s2)c1. The lowest BCUT2D eigenvalue weighted by atomic mass is 9.75. The molecule has 0 atom stereocenters. The van der Waals surface area contributed by atoms with Crippen LogP contribution in [-0.4, -0.2) is 23.0 Å². The second-order valence-corrected chi connectivity index (χ2v) is 9.40. The summed E-state index contributed by atoms with van der Waals surface area (Å²) >= 11 is 7.42. The third kappa shape index (κ3) is 5.77. The first-order valence-electron chi connectivity index (χ1n) is 10.8. The molecule has 4 nitrogen and oxygen atoms in total. The van der Waals surface area contributed by atoms with Crippen molar-refractivity contribution >= 4 is 46.0 Å². The molecule has 0 aliphatic heterocycles. The molecule has 3 N–H and O–H groups in total. The number of allylic oxidation sites excluding steroid dienone is 1. The molecule has 0 amide bonds. The molecule has 184 valence electrons. The Labute approximate surface area is 210 Å². The molecule has 1 heterocycles. The molecule has 0 saturated heterocycles. The summed E-state index contributed by atoms with van der Waals surface area (Å²) in [5.41, 5.74) is -0.602. The van der Waals surface area contributed by atoms with Gasteiger partial charge in [-0.25, -0.2) is 0 Å². The van der Waals surface area contributed by atoms with Crippen LogP contribution in [0.4, 0.5) is 18.9 Å². The topological polar surface area (TPSA) is 73.2 Å². The molecule has 2 aromatic carbocycles. The second kappa shape index (κ2) is 10.7. The first-order valence-corrected chi connectivity index (χ1v) is 12.0. The van der Waals surface area contributed by atoms with Gasteiger partial charge in [-0.3, -0.25) is 10.2 Å². The first-order chi connectivity index (χ1) is 16.5. The molecule has 0 saturated carbocycles. The van der Waals surface area contributed by atoms with Crippen LogP contribution in [0.2, 0.25) is 5.02 Å². The molecule has 0 aliphatic carbocycles. The van der Waals surface area contributed by atoms with Gasteiger partial charge in [-0.15, -0.1) is 11.3 Å². The molecule has 0 fully saturated rings. The van der Waals surface area contributed by atoms with Crippen LogP contribution >= 0.6 is 22.9 Å². The van der Waals surface area contributed by atoms with E-state index >= 15 is 0 Å². The highest BCUT2D eigenvalue weighted by molar-refractivity contribution is 7.16. The Kier molecular flexibility index (Phi) is 8.07. The van der Waals surface area contributed by atoms with Crippen LogP contribution in [0.5, 0.6) is 0 Å². The van der Waals surface area contributed by atoms with E-state index < -0.39 is 23.3 Å². The normalized spacial score (nSPS) is 12.5. The van der Waals surface area contributed by atoms with Crippen molar-refractivity contribution in [1.82, 2.24) is 0 Å². The quantitative estimate of drug-likeness (QED) is 0.249. The zero-order chi connectivity index (χ0) is 25.8. The number of rotatable bonds is 9. The number of carbonyl (C=O) groups is 1. The molecule has 9 heteroatoms. The molecule has 0 bridgehead atoms. The smallest absolute Gasteiger partial charge is 0.432 e. The number of para-hydroxylation sites is 1. The summed E-state index contributed by atoms with van der Waals surface area (Å²) in [7, 11) is 0. The maximum atomic E-state index is 13.1. The monoisotopic (exact) mass is 520 g/mol. The maximum Gasteiger partial charge on any atom is 0.432 e. The van der Waals surface area contributed by atoms with E-state index in [9.17, 15) is 23.1 Å². The summed E-state index contributed by atoms with van der Waals surface area (Å²) in [4.78, 5) is 13.3. The molecule has 3 rings (SSSR count). The average molecular weight is 521 g/mol. The molecule has 3 aromatic rings. The van der Waals surface area contributed by atoms with Gasteiger partial charge in [0.2, 0.25) is 0 Å². The van der Waals surface area contributed by atoms with E-state index in [4.69, 9.17) is 17.0 Å². The van der Waals surface area contributed by atoms with Gasteiger partial charge in [0.25, 0.3) is 0 Å². The molecular weight excluding hydrogens is 497 g/mol. The van der Waals surface area contributed by atoms with E-state index in [0.29, 0.717) is 34.0 Å². The number of aliphatic carboxylic acids is 1. The Morgan fingerprint density at radius 3 is 2.37 bits per heavy atom. The van der Waals surface area contributed by atoms with Crippen molar-refractivity contribution in [1.29, 1.82) is 5.41 Å². The highest BCUT2D eigenvalue weighted by Crippen LogP contribution is 2.38. The summed E-state index contributed by atoms with van der Waals surface area (Å²) in [6.45, 7) is 3.67. The van der Waals surface area contributed by atoms with Gasteiger partial charge in [-0.2, -0.15) is 13.2 Å². The number of benzene rings is 2. The van der Waals surface area contributed by atoms with E-state index in [2.05, 4.69) is 5.32 Å². The van der Waals surface area contributed by atoms with Gasteiger partial charge in [0.15, 0.2) is 0 Å². The number of carboxylic acids is 1. The van der Waals surface area contributed by atoms with E-state index in [1.165, 1.54) is 11.3 Å². The van der Waals surface area contributed by atoms with Crippen molar-refractivity contribution in [3.8, 4) is 10.4 Å². The predicted octanol–water partition coefficient (Wildman–Crippen LogP) is 8.25. The molecule has 35 heavy (non-hydrogen) atoms. The number of hydrogen-bond acceptors (Lipinski definition) is 4. The van der Waals surface area contributed by atoms with Gasteiger partial charge >= 0.3 is 12.1 Å². The van der Waals surface area contributed by atoms with Crippen LogP contribution in [0.15, 0.2) is 66.7 Å². The summed E-state index contributed by atoms with van der Waals surface area (Å²) in [6.07, 6.45) is -3.22. The Balaban J connectivity index is 2.04. The third-order valence-electron chi connectivity index (χ3n) is 5.92. The zero-order valence-electron chi connectivity index (χ0n) is 19.0. The maximum absolute atomic E-state index is 13.1. The molecule has 1 aromatic heterocycles. The number of nitrogens with one attached hydrogen (secondary N) is 2. The number of hydrogen-bond donors (Lipinski definition) is 3. The third-order valence-corrected chi connectivity index (χ3v) is 7.42. The fraction of sp³-hybridized carbons (Fsp3) is 0.231. The molecule has 0 aliphatic rings. The van der Waals surface area contributed by atoms with Crippen molar-refractivity contribution in [2.45, 2.75) is 38.3 Å². The Bertz CT molecular complexity index is 1260. The summed E-state index contributed by atoms with van der Waals surface area (Å²) < 4.78 is 39.4. The number of thiophene rings is 1. The number of anilines is 1. The van der Waals surface area contributed by atoms with Gasteiger partial charge in [-0.05, 0) is 60.4 Å². The van der Waals surface area contributed by atoms with Gasteiger partial charge in [0.1, 0.15) is 5.71 Å². The number of carboxylic acid groups (broad SMARTS) is 1. The van der Waals surface area contributed by atoms with Crippen LogP contribution in [-0.2, 0) is 10.2 Å². The molecular formula is C26H24ClF3N2O2S. The van der Waals surface area contributed by atoms with Gasteiger partial charge in [0, 0.05) is 4.88 Å². The molecule has 0 spiro atoms. The van der Waals surface area contributed by atoms with E-state index in [1.54, 1.807) is 48.5 Å². The minimum atomic E-state index is -4.80. The fourth-order valence-electron chi connectivity index (χ4n) is 3.79. The van der Waals surface area contributed by atoms with Crippen LogP contribution in [0.3, 0.4) is 0 Å². The van der Waals surface area contributed by atoms with Gasteiger partial charge in [0.05, 0.1) is 26.7 Å². The standard InChI is InChI=1S/C26H24ClF3N2O2S/c1-3-25(4-2,24(33)34)17-9-7-8-16(14-17)21-12-13-22(35-21)20(15-23(31)26(28,29)30)32-19-11-6-5-10-18(19)27/h5-15,31-32H,3-4H2,1-2H3,(H,33,34)/b20-15-,31-23?. The Hall–Kier alpha value is -3.10. The van der Waals surface area contributed by atoms with Crippen LogP contribution in [0.25, 0.3) is 16.1 Å². The highest BCUT2D eigenvalue weighted by Gasteiger charge is 2.37. The van der Waals surface area contributed by atoms with Crippen molar-refractivity contribution < 1.29 is 23.1 Å². The summed E-state index contributed by atoms with van der Waals surface area (Å²) in [5.74, 6) is -0.897. The van der Waals surface area contributed by atoms with E-state index in [1.807, 2.05) is 26.0 Å². The Morgan fingerprint density at radius 1 is 1.09 bits per heavy atom. The lowest BCUT2D eigenvalue weighted by Crippen LogP contribution is -2.34. The number of halogens is 4. The predicted molar refractivity (Wildman–Crippen MR) is 136 cm³/mol. The van der Waals surface area contributed by atoms with Crippen LogP contribution in [0, 0.1) is 5.41 Å². The minimum Gasteiger partial charge on any atom is -0.481 e. The minimum absolute atomic E-state index is 0.0785. The average Bonchev–Trinajstić information content (AvgIpc) is 3.31. The molecule has 0 radical (unpaired) electrons. The van der Waals surface area contributed by atoms with E-state index in [-0.39, 0.29) is 5.70 Å². The summed E-state index contributed by atoms with van der Waals surface area (Å²) in [5, 5.41) is 20.6. The second-order valence-electron chi connectivity index (χ2n) is 7.91. The van der Waals surface area contributed by atoms with Crippen molar-refractivity contribution in [3.05, 3.63) is 82.2 Å². The largest absolute Gasteiger partial charge is 0.481 e. The van der Waals surface area contributed by atoms with E-state index in [0.717, 1.165) is 16.5 Å². The Morgan fingerprint density at radius 2 is 1.77 bits per heavy atom. The highest BCUT2D eigenvalue weighted by atomic mass is 35.5. The lowest BCUT2D eigenvalue weighted by Gasteiger charge is -2.27. The van der Waals surface area contributed by atoms with Gasteiger partial charge < -0.3 is 10.4 Å². The van der Waals surface area contributed by atoms with Crippen molar-refractivity contribution in [2.75, 3.05) is 5.32 Å². The van der Waals surface area contributed by atoms with Gasteiger partial charge in [-0.1, -0.05) is 55.8 Å². The van der Waals surface area contributed by atoms with Crippen LogP contribution < -0.4 is 5.32 Å². The fourth-order valence-corrected chi connectivity index (χ4v) is 4.95. The molecule has 0 unspecified atom stereocenters. The van der Waals surface area contributed by atoms with Crippen LogP contribution in [0.1, 0.15) is 37.1 Å². The zero-order valence-corrected chi connectivity index (χ0v) is 20.6. The first kappa shape index (κ1) is 26.5. The van der Waals surface area contributed by atoms with Crippen molar-refractivity contribution in [2.24, 2.45) is 0 Å². The summed E-state index contributed by atoms with van der Waals surface area (Å²) in [6, 6.07) is 17.3. The van der Waals surface area contributed by atoms with Crippen molar-refractivity contribution in [3.63, 3.8) is 0 Å². The number of alkyl halides is 3.